The lowest BCUT2D eigenvalue weighted by Crippen LogP contribution is -2.36. The van der Waals surface area contributed by atoms with Gasteiger partial charge in [0, 0.05) is 19.5 Å². The number of imide groups is 1. The molecule has 8 nitrogen and oxygen atoms in total. The lowest BCUT2D eigenvalue weighted by atomic mass is 9.85. The molecule has 4 rings (SSSR count). The Labute approximate surface area is 137 Å². The van der Waals surface area contributed by atoms with Crippen molar-refractivity contribution < 1.29 is 14.4 Å². The molecule has 2 aromatic rings. The summed E-state index contributed by atoms with van der Waals surface area (Å²) in [5, 5.41) is 10.2. The minimum atomic E-state index is -0.776. The zero-order valence-corrected chi connectivity index (χ0v) is 12.8. The fourth-order valence-electron chi connectivity index (χ4n) is 3.30. The topological polar surface area (TPSA) is 97.2 Å². The van der Waals surface area contributed by atoms with Crippen LogP contribution in [-0.4, -0.2) is 50.7 Å². The Hall–Kier alpha value is -3.03. The smallest absolute Gasteiger partial charge is 0.276 e. The standard InChI is InChI=1S/C16H15N5O3/c22-13-8-16(15(24)17-13)6-7-20(10-16)14(23)12-9-21(19-18-12)11-4-2-1-3-5-11/h1-5,9H,6-8,10H2,(H,17,22,24). The molecule has 1 unspecified atom stereocenters. The van der Waals surface area contributed by atoms with E-state index in [4.69, 9.17) is 0 Å². The second-order valence-corrected chi connectivity index (χ2v) is 6.20. The van der Waals surface area contributed by atoms with E-state index in [1.54, 1.807) is 11.1 Å². The predicted octanol–water partition coefficient (Wildman–Crippen LogP) is 0.146. The van der Waals surface area contributed by atoms with Gasteiger partial charge in [0.15, 0.2) is 5.69 Å². The van der Waals surface area contributed by atoms with E-state index in [1.807, 2.05) is 30.3 Å². The van der Waals surface area contributed by atoms with Gasteiger partial charge >= 0.3 is 0 Å². The first-order chi connectivity index (χ1) is 11.6. The first-order valence-corrected chi connectivity index (χ1v) is 7.69. The number of para-hydroxylation sites is 1. The van der Waals surface area contributed by atoms with E-state index in [0.29, 0.717) is 13.0 Å². The van der Waals surface area contributed by atoms with Crippen molar-refractivity contribution in [2.45, 2.75) is 12.8 Å². The molecule has 2 aliphatic heterocycles. The molecule has 0 saturated carbocycles. The highest BCUT2D eigenvalue weighted by Crippen LogP contribution is 2.37. The van der Waals surface area contributed by atoms with Crippen molar-refractivity contribution in [2.75, 3.05) is 13.1 Å². The van der Waals surface area contributed by atoms with Gasteiger partial charge < -0.3 is 4.90 Å². The normalized spacial score (nSPS) is 23.1. The first kappa shape index (κ1) is 14.6. The zero-order chi connectivity index (χ0) is 16.7. The number of amides is 3. The summed E-state index contributed by atoms with van der Waals surface area (Å²) in [7, 11) is 0. The Morgan fingerprint density at radius 1 is 1.21 bits per heavy atom. The molecule has 1 N–H and O–H groups in total. The van der Waals surface area contributed by atoms with Gasteiger partial charge in [-0.25, -0.2) is 4.68 Å². The number of aromatic nitrogens is 3. The van der Waals surface area contributed by atoms with Crippen molar-refractivity contribution in [1.29, 1.82) is 0 Å². The maximum Gasteiger partial charge on any atom is 0.276 e. The van der Waals surface area contributed by atoms with Crippen LogP contribution in [0.2, 0.25) is 0 Å². The highest BCUT2D eigenvalue weighted by atomic mass is 16.2. The minimum Gasteiger partial charge on any atom is -0.336 e. The SMILES string of the molecule is O=C1CC2(CCN(C(=O)c3cn(-c4ccccc4)nn3)C2)C(=O)N1. The van der Waals surface area contributed by atoms with Gasteiger partial charge in [0.05, 0.1) is 17.3 Å². The molecular weight excluding hydrogens is 310 g/mol. The van der Waals surface area contributed by atoms with E-state index in [-0.39, 0.29) is 36.4 Å². The number of hydrogen-bond donors (Lipinski definition) is 1. The highest BCUT2D eigenvalue weighted by Gasteiger charge is 2.52. The summed E-state index contributed by atoms with van der Waals surface area (Å²) in [5.74, 6) is -0.832. The maximum atomic E-state index is 12.6. The van der Waals surface area contributed by atoms with E-state index in [9.17, 15) is 14.4 Å². The number of nitrogens with zero attached hydrogens (tertiary/aromatic N) is 4. The van der Waals surface area contributed by atoms with Crippen molar-refractivity contribution in [1.82, 2.24) is 25.2 Å². The third-order valence-corrected chi connectivity index (χ3v) is 4.61. The second kappa shape index (κ2) is 5.26. The molecule has 1 spiro atoms. The largest absolute Gasteiger partial charge is 0.336 e. The van der Waals surface area contributed by atoms with Crippen LogP contribution in [0.3, 0.4) is 0 Å². The van der Waals surface area contributed by atoms with Crippen LogP contribution >= 0.6 is 0 Å². The molecule has 0 radical (unpaired) electrons. The molecule has 3 heterocycles. The van der Waals surface area contributed by atoms with Gasteiger partial charge in [-0.05, 0) is 18.6 Å². The van der Waals surface area contributed by atoms with Crippen LogP contribution < -0.4 is 5.32 Å². The van der Waals surface area contributed by atoms with Gasteiger partial charge in [0.2, 0.25) is 11.8 Å². The summed E-state index contributed by atoms with van der Waals surface area (Å²) < 4.78 is 1.53. The molecule has 8 heteroatoms. The third kappa shape index (κ3) is 2.27. The molecule has 122 valence electrons. The summed E-state index contributed by atoms with van der Waals surface area (Å²) in [4.78, 5) is 37.6. The molecule has 2 fully saturated rings. The second-order valence-electron chi connectivity index (χ2n) is 6.20. The van der Waals surface area contributed by atoms with Crippen LogP contribution in [0.1, 0.15) is 23.3 Å². The molecule has 1 aromatic carbocycles. The minimum absolute atomic E-state index is 0.145. The average molecular weight is 325 g/mol. The fourth-order valence-corrected chi connectivity index (χ4v) is 3.30. The zero-order valence-electron chi connectivity index (χ0n) is 12.8. The quantitative estimate of drug-likeness (QED) is 0.793. The summed E-state index contributed by atoms with van der Waals surface area (Å²) in [5.41, 5.74) is 0.255. The molecule has 1 aromatic heterocycles. The van der Waals surface area contributed by atoms with Crippen LogP contribution in [0.4, 0.5) is 0 Å². The van der Waals surface area contributed by atoms with E-state index < -0.39 is 5.41 Å². The molecular formula is C16H15N5O3. The highest BCUT2D eigenvalue weighted by molar-refractivity contribution is 6.06. The van der Waals surface area contributed by atoms with Gasteiger partial charge in [-0.2, -0.15) is 0 Å². The van der Waals surface area contributed by atoms with Gasteiger partial charge in [-0.3, -0.25) is 19.7 Å². The summed E-state index contributed by atoms with van der Waals surface area (Å²) in [6, 6.07) is 9.37. The lowest BCUT2D eigenvalue weighted by Gasteiger charge is -2.19. The lowest BCUT2D eigenvalue weighted by molar-refractivity contribution is -0.128. The van der Waals surface area contributed by atoms with Crippen LogP contribution in [0.15, 0.2) is 36.5 Å². The molecule has 2 saturated heterocycles. The van der Waals surface area contributed by atoms with E-state index >= 15 is 0 Å². The van der Waals surface area contributed by atoms with E-state index in [2.05, 4.69) is 15.6 Å². The Morgan fingerprint density at radius 3 is 2.71 bits per heavy atom. The molecule has 0 bridgehead atoms. The number of carbonyl (C=O) groups excluding carboxylic acids is 3. The van der Waals surface area contributed by atoms with Crippen LogP contribution in [0.5, 0.6) is 0 Å². The molecule has 1 atom stereocenters. The molecule has 2 aliphatic rings. The Balaban J connectivity index is 1.52. The Morgan fingerprint density at radius 2 is 2.00 bits per heavy atom. The first-order valence-electron chi connectivity index (χ1n) is 7.69. The molecule has 3 amide bonds. The predicted molar refractivity (Wildman–Crippen MR) is 82.1 cm³/mol. The Bertz CT molecular complexity index is 831. The third-order valence-electron chi connectivity index (χ3n) is 4.61. The number of benzene rings is 1. The number of nitrogens with one attached hydrogen (secondary N) is 1. The van der Waals surface area contributed by atoms with E-state index in [1.165, 1.54) is 4.68 Å². The summed E-state index contributed by atoms with van der Waals surface area (Å²) in [6.07, 6.45) is 2.21. The van der Waals surface area contributed by atoms with Gasteiger partial charge in [0.25, 0.3) is 5.91 Å². The molecule has 0 aliphatic carbocycles. The average Bonchev–Trinajstić information content (AvgIpc) is 3.28. The monoisotopic (exact) mass is 325 g/mol. The number of carbonyl (C=O) groups is 3. The summed E-state index contributed by atoms with van der Waals surface area (Å²) in [6.45, 7) is 0.666. The van der Waals surface area contributed by atoms with E-state index in [0.717, 1.165) is 5.69 Å². The van der Waals surface area contributed by atoms with Gasteiger partial charge in [-0.1, -0.05) is 23.4 Å². The van der Waals surface area contributed by atoms with Crippen LogP contribution in [0, 0.1) is 5.41 Å². The van der Waals surface area contributed by atoms with Crippen molar-refractivity contribution in [3.63, 3.8) is 0 Å². The van der Waals surface area contributed by atoms with Gasteiger partial charge in [0.1, 0.15) is 0 Å². The van der Waals surface area contributed by atoms with Crippen LogP contribution in [-0.2, 0) is 9.59 Å². The fraction of sp³-hybridized carbons (Fsp3) is 0.312. The number of rotatable bonds is 2. The van der Waals surface area contributed by atoms with Crippen molar-refractivity contribution in [3.05, 3.63) is 42.2 Å². The maximum absolute atomic E-state index is 12.6. The summed E-state index contributed by atoms with van der Waals surface area (Å²) >= 11 is 0. The number of likely N-dealkylation sites (tertiary alicyclic amines) is 1. The van der Waals surface area contributed by atoms with Crippen molar-refractivity contribution >= 4 is 17.7 Å². The number of hydrogen-bond acceptors (Lipinski definition) is 5. The molecule has 24 heavy (non-hydrogen) atoms. The Kier molecular flexibility index (Phi) is 3.19. The van der Waals surface area contributed by atoms with Crippen molar-refractivity contribution in [2.24, 2.45) is 5.41 Å². The van der Waals surface area contributed by atoms with Gasteiger partial charge in [-0.15, -0.1) is 5.10 Å². The van der Waals surface area contributed by atoms with Crippen LogP contribution in [0.25, 0.3) is 5.69 Å². The van der Waals surface area contributed by atoms with Crippen molar-refractivity contribution in [3.8, 4) is 5.69 Å².